The number of carbonyl (C=O) groups excluding carboxylic acids is 1. The molecule has 0 aromatic heterocycles. The number of aryl methyl sites for hydroxylation is 1. The van der Waals surface area contributed by atoms with E-state index in [4.69, 9.17) is 5.73 Å². The van der Waals surface area contributed by atoms with Gasteiger partial charge in [-0.15, -0.1) is 0 Å². The fourth-order valence-corrected chi connectivity index (χ4v) is 2.49. The Hall–Kier alpha value is -2.29. The molecule has 0 spiro atoms. The fraction of sp³-hybridized carbons (Fsp3) is 0.278. The zero-order valence-electron chi connectivity index (χ0n) is 12.2. The molecule has 1 amide bonds. The predicted octanol–water partition coefficient (Wildman–Crippen LogP) is 3.38. The first kappa shape index (κ1) is 13.7. The standard InChI is InChI=1S/C18H20N2O/c1-12-4-2-3-5-15(12)14-8-9-16(17(19)10-14)18(21)20-11-13-6-7-13/h2-5,8-10,13H,6-7,11,19H2,1H3,(H,20,21). The topological polar surface area (TPSA) is 55.1 Å². The minimum atomic E-state index is -0.0734. The average Bonchev–Trinajstić information content (AvgIpc) is 3.29. The van der Waals surface area contributed by atoms with Gasteiger partial charge >= 0.3 is 0 Å². The van der Waals surface area contributed by atoms with Crippen molar-refractivity contribution in [2.24, 2.45) is 5.92 Å². The molecule has 0 saturated heterocycles. The number of anilines is 1. The largest absolute Gasteiger partial charge is 0.398 e. The summed E-state index contributed by atoms with van der Waals surface area (Å²) in [5.41, 5.74) is 10.6. The summed E-state index contributed by atoms with van der Waals surface area (Å²) in [6, 6.07) is 13.8. The molecular weight excluding hydrogens is 260 g/mol. The van der Waals surface area contributed by atoms with Crippen LogP contribution in [0.3, 0.4) is 0 Å². The van der Waals surface area contributed by atoms with Gasteiger partial charge in [0.1, 0.15) is 0 Å². The zero-order valence-corrected chi connectivity index (χ0v) is 12.2. The van der Waals surface area contributed by atoms with Crippen LogP contribution in [0.25, 0.3) is 11.1 Å². The van der Waals surface area contributed by atoms with Crippen LogP contribution in [0.15, 0.2) is 42.5 Å². The van der Waals surface area contributed by atoms with Crippen LogP contribution in [0, 0.1) is 12.8 Å². The summed E-state index contributed by atoms with van der Waals surface area (Å²) in [5, 5.41) is 2.95. The molecule has 0 unspecified atom stereocenters. The van der Waals surface area contributed by atoms with Crippen molar-refractivity contribution in [2.45, 2.75) is 19.8 Å². The molecule has 1 aliphatic carbocycles. The van der Waals surface area contributed by atoms with Gasteiger partial charge in [-0.2, -0.15) is 0 Å². The minimum Gasteiger partial charge on any atom is -0.398 e. The molecule has 0 heterocycles. The van der Waals surface area contributed by atoms with Gasteiger partial charge in [-0.1, -0.05) is 30.3 Å². The zero-order chi connectivity index (χ0) is 14.8. The van der Waals surface area contributed by atoms with Crippen molar-refractivity contribution in [3.05, 3.63) is 53.6 Å². The summed E-state index contributed by atoms with van der Waals surface area (Å²) in [4.78, 5) is 12.1. The van der Waals surface area contributed by atoms with Crippen LogP contribution in [0.4, 0.5) is 5.69 Å². The molecule has 21 heavy (non-hydrogen) atoms. The molecule has 0 atom stereocenters. The molecule has 1 aliphatic rings. The Kier molecular flexibility index (Phi) is 3.65. The second-order valence-corrected chi connectivity index (χ2v) is 5.77. The number of nitrogens with one attached hydrogen (secondary N) is 1. The molecule has 1 saturated carbocycles. The lowest BCUT2D eigenvalue weighted by molar-refractivity contribution is 0.0952. The number of hydrogen-bond acceptors (Lipinski definition) is 2. The molecule has 3 heteroatoms. The van der Waals surface area contributed by atoms with Gasteiger partial charge in [0, 0.05) is 12.2 Å². The van der Waals surface area contributed by atoms with Crippen molar-refractivity contribution in [3.63, 3.8) is 0 Å². The van der Waals surface area contributed by atoms with Gasteiger partial charge in [0.15, 0.2) is 0 Å². The van der Waals surface area contributed by atoms with Crippen molar-refractivity contribution < 1.29 is 4.79 Å². The summed E-state index contributed by atoms with van der Waals surface area (Å²) in [7, 11) is 0. The maximum Gasteiger partial charge on any atom is 0.253 e. The number of rotatable bonds is 4. The summed E-state index contributed by atoms with van der Waals surface area (Å²) >= 11 is 0. The first-order valence-electron chi connectivity index (χ1n) is 7.39. The lowest BCUT2D eigenvalue weighted by atomic mass is 9.98. The van der Waals surface area contributed by atoms with Gasteiger partial charge in [0.2, 0.25) is 0 Å². The second-order valence-electron chi connectivity index (χ2n) is 5.77. The highest BCUT2D eigenvalue weighted by atomic mass is 16.1. The number of nitrogen functional groups attached to an aromatic ring is 1. The average molecular weight is 280 g/mol. The van der Waals surface area contributed by atoms with Gasteiger partial charge in [-0.25, -0.2) is 0 Å². The minimum absolute atomic E-state index is 0.0734. The fourth-order valence-electron chi connectivity index (χ4n) is 2.49. The van der Waals surface area contributed by atoms with E-state index in [0.717, 1.165) is 17.7 Å². The number of benzene rings is 2. The predicted molar refractivity (Wildman–Crippen MR) is 86.1 cm³/mol. The van der Waals surface area contributed by atoms with E-state index in [1.165, 1.54) is 18.4 Å². The van der Waals surface area contributed by atoms with E-state index >= 15 is 0 Å². The highest BCUT2D eigenvalue weighted by molar-refractivity contribution is 6.00. The molecular formula is C18H20N2O. The van der Waals surface area contributed by atoms with Crippen molar-refractivity contribution in [1.29, 1.82) is 0 Å². The third-order valence-corrected chi connectivity index (χ3v) is 4.00. The summed E-state index contributed by atoms with van der Waals surface area (Å²) < 4.78 is 0. The summed E-state index contributed by atoms with van der Waals surface area (Å²) in [5.74, 6) is 0.595. The molecule has 1 fully saturated rings. The number of amides is 1. The molecule has 0 radical (unpaired) electrons. The molecule has 3 nitrogen and oxygen atoms in total. The maximum atomic E-state index is 12.1. The van der Waals surface area contributed by atoms with E-state index < -0.39 is 0 Å². The van der Waals surface area contributed by atoms with Gasteiger partial charge in [0.05, 0.1) is 5.56 Å². The Bertz CT molecular complexity index is 675. The van der Waals surface area contributed by atoms with E-state index in [1.807, 2.05) is 30.3 Å². The molecule has 2 aromatic rings. The van der Waals surface area contributed by atoms with E-state index in [9.17, 15) is 4.79 Å². The van der Waals surface area contributed by atoms with Gasteiger partial charge < -0.3 is 11.1 Å². The first-order chi connectivity index (χ1) is 10.1. The Balaban J connectivity index is 1.82. The van der Waals surface area contributed by atoms with Crippen molar-refractivity contribution in [2.75, 3.05) is 12.3 Å². The van der Waals surface area contributed by atoms with Crippen molar-refractivity contribution in [1.82, 2.24) is 5.32 Å². The Morgan fingerprint density at radius 2 is 2.00 bits per heavy atom. The molecule has 0 aliphatic heterocycles. The first-order valence-corrected chi connectivity index (χ1v) is 7.39. The third kappa shape index (κ3) is 3.07. The lowest BCUT2D eigenvalue weighted by Crippen LogP contribution is -2.26. The second kappa shape index (κ2) is 5.60. The smallest absolute Gasteiger partial charge is 0.253 e. The van der Waals surface area contributed by atoms with Crippen LogP contribution in [-0.4, -0.2) is 12.5 Å². The number of carbonyl (C=O) groups is 1. The SMILES string of the molecule is Cc1ccccc1-c1ccc(C(=O)NCC2CC2)c(N)c1. The van der Waals surface area contributed by atoms with Gasteiger partial charge in [0.25, 0.3) is 5.91 Å². The molecule has 0 bridgehead atoms. The van der Waals surface area contributed by atoms with Crippen LogP contribution in [0.1, 0.15) is 28.8 Å². The summed E-state index contributed by atoms with van der Waals surface area (Å²) in [6.45, 7) is 2.83. The van der Waals surface area contributed by atoms with Crippen LogP contribution < -0.4 is 11.1 Å². The Labute approximate surface area is 125 Å². The molecule has 3 N–H and O–H groups in total. The highest BCUT2D eigenvalue weighted by Crippen LogP contribution is 2.29. The lowest BCUT2D eigenvalue weighted by Gasteiger charge is -2.10. The molecule has 3 rings (SSSR count). The van der Waals surface area contributed by atoms with Crippen molar-refractivity contribution >= 4 is 11.6 Å². The van der Waals surface area contributed by atoms with E-state index in [0.29, 0.717) is 17.2 Å². The molecule has 108 valence electrons. The summed E-state index contributed by atoms with van der Waals surface area (Å²) in [6.07, 6.45) is 2.45. The van der Waals surface area contributed by atoms with Crippen LogP contribution in [0.2, 0.25) is 0 Å². The van der Waals surface area contributed by atoms with Gasteiger partial charge in [-0.05, 0) is 54.5 Å². The quantitative estimate of drug-likeness (QED) is 0.843. The van der Waals surface area contributed by atoms with Crippen molar-refractivity contribution in [3.8, 4) is 11.1 Å². The van der Waals surface area contributed by atoms with Crippen LogP contribution >= 0.6 is 0 Å². The Morgan fingerprint density at radius 3 is 2.67 bits per heavy atom. The number of hydrogen-bond donors (Lipinski definition) is 2. The van der Waals surface area contributed by atoms with E-state index in [2.05, 4.69) is 24.4 Å². The third-order valence-electron chi connectivity index (χ3n) is 4.00. The maximum absolute atomic E-state index is 12.1. The van der Waals surface area contributed by atoms with Crippen LogP contribution in [0.5, 0.6) is 0 Å². The highest BCUT2D eigenvalue weighted by Gasteiger charge is 2.22. The van der Waals surface area contributed by atoms with E-state index in [-0.39, 0.29) is 5.91 Å². The number of nitrogens with two attached hydrogens (primary N) is 1. The monoisotopic (exact) mass is 280 g/mol. The Morgan fingerprint density at radius 1 is 1.24 bits per heavy atom. The molecule has 2 aromatic carbocycles. The van der Waals surface area contributed by atoms with E-state index in [1.54, 1.807) is 0 Å². The van der Waals surface area contributed by atoms with Crippen LogP contribution in [-0.2, 0) is 0 Å². The normalized spacial score (nSPS) is 14.0. The van der Waals surface area contributed by atoms with Gasteiger partial charge in [-0.3, -0.25) is 4.79 Å².